The molecule has 8 heteroatoms. The van der Waals surface area contributed by atoms with Gasteiger partial charge in [-0.2, -0.15) is 18.3 Å². The number of rotatable bonds is 3. The number of nitrogens with zero attached hydrogens (tertiary/aromatic N) is 4. The second-order valence-corrected chi connectivity index (χ2v) is 3.46. The molecule has 0 spiro atoms. The van der Waals surface area contributed by atoms with Gasteiger partial charge in [-0.15, -0.1) is 0 Å². The van der Waals surface area contributed by atoms with Gasteiger partial charge < -0.3 is 0 Å². The second-order valence-electron chi connectivity index (χ2n) is 3.46. The van der Waals surface area contributed by atoms with E-state index in [-0.39, 0.29) is 5.56 Å². The predicted molar refractivity (Wildman–Crippen MR) is 53.9 cm³/mol. The monoisotopic (exact) mass is 256 g/mol. The number of ketones is 1. The van der Waals surface area contributed by atoms with Crippen molar-refractivity contribution in [2.75, 3.05) is 0 Å². The van der Waals surface area contributed by atoms with Crippen LogP contribution in [0, 0.1) is 0 Å². The second kappa shape index (κ2) is 4.55. The fourth-order valence-electron chi connectivity index (χ4n) is 1.27. The third-order valence-corrected chi connectivity index (χ3v) is 2.14. The van der Waals surface area contributed by atoms with E-state index in [0.29, 0.717) is 5.82 Å². The molecule has 0 unspecified atom stereocenters. The van der Waals surface area contributed by atoms with Gasteiger partial charge in [0.15, 0.2) is 5.82 Å². The summed E-state index contributed by atoms with van der Waals surface area (Å²) in [5.74, 6) is -1.38. The molecule has 0 aliphatic carbocycles. The minimum absolute atomic E-state index is 0.196. The zero-order chi connectivity index (χ0) is 13.2. The molecule has 0 radical (unpaired) electrons. The summed E-state index contributed by atoms with van der Waals surface area (Å²) >= 11 is 0. The fourth-order valence-corrected chi connectivity index (χ4v) is 1.27. The standard InChI is InChI=1S/C10H7F3N4O/c11-10(12,13)8(18)3-7-1-2-9(15-4-7)17-6-14-5-16-17/h1-2,4-6H,3H2. The van der Waals surface area contributed by atoms with Crippen molar-refractivity contribution in [3.05, 3.63) is 36.5 Å². The molecule has 0 aliphatic rings. The number of halogens is 3. The van der Waals surface area contributed by atoms with Gasteiger partial charge in [0.25, 0.3) is 0 Å². The molecule has 2 rings (SSSR count). The van der Waals surface area contributed by atoms with Crippen molar-refractivity contribution in [3.63, 3.8) is 0 Å². The van der Waals surface area contributed by atoms with Crippen LogP contribution in [-0.4, -0.2) is 31.7 Å². The number of hydrogen-bond donors (Lipinski definition) is 0. The quantitative estimate of drug-likeness (QED) is 0.831. The molecule has 2 aromatic rings. The molecule has 0 amide bonds. The van der Waals surface area contributed by atoms with Crippen LogP contribution in [0.4, 0.5) is 13.2 Å². The average molecular weight is 256 g/mol. The molecular weight excluding hydrogens is 249 g/mol. The van der Waals surface area contributed by atoms with Gasteiger partial charge in [-0.1, -0.05) is 6.07 Å². The number of aromatic nitrogens is 4. The van der Waals surface area contributed by atoms with Crippen molar-refractivity contribution < 1.29 is 18.0 Å². The Balaban J connectivity index is 2.12. The van der Waals surface area contributed by atoms with E-state index in [1.165, 1.54) is 35.7 Å². The van der Waals surface area contributed by atoms with E-state index in [9.17, 15) is 18.0 Å². The summed E-state index contributed by atoms with van der Waals surface area (Å²) in [6.07, 6.45) is -1.61. The molecule has 0 atom stereocenters. The Labute approximate surface area is 99.3 Å². The third-order valence-electron chi connectivity index (χ3n) is 2.14. The van der Waals surface area contributed by atoms with Crippen LogP contribution >= 0.6 is 0 Å². The highest BCUT2D eigenvalue weighted by Gasteiger charge is 2.37. The Morgan fingerprint density at radius 3 is 2.61 bits per heavy atom. The molecule has 0 saturated carbocycles. The molecule has 0 fully saturated rings. The lowest BCUT2D eigenvalue weighted by Crippen LogP contribution is -2.24. The molecule has 0 bridgehead atoms. The van der Waals surface area contributed by atoms with Crippen LogP contribution in [0.15, 0.2) is 31.0 Å². The smallest absolute Gasteiger partial charge is 0.289 e. The lowest BCUT2D eigenvalue weighted by molar-refractivity contribution is -0.170. The molecular formula is C10H7F3N4O. The Morgan fingerprint density at radius 2 is 2.11 bits per heavy atom. The summed E-state index contributed by atoms with van der Waals surface area (Å²) in [7, 11) is 0. The van der Waals surface area contributed by atoms with Crippen molar-refractivity contribution in [2.24, 2.45) is 0 Å². The first kappa shape index (κ1) is 12.2. The van der Waals surface area contributed by atoms with Crippen molar-refractivity contribution in [2.45, 2.75) is 12.6 Å². The molecule has 2 aromatic heterocycles. The maximum absolute atomic E-state index is 12.0. The van der Waals surface area contributed by atoms with E-state index >= 15 is 0 Å². The normalized spacial score (nSPS) is 11.5. The summed E-state index contributed by atoms with van der Waals surface area (Å²) in [5.41, 5.74) is 0.196. The van der Waals surface area contributed by atoms with Crippen LogP contribution in [0.1, 0.15) is 5.56 Å². The van der Waals surface area contributed by atoms with Gasteiger partial charge in [0.05, 0.1) is 0 Å². The number of pyridine rings is 1. The maximum Gasteiger partial charge on any atom is 0.450 e. The highest BCUT2D eigenvalue weighted by molar-refractivity contribution is 5.86. The Morgan fingerprint density at radius 1 is 1.33 bits per heavy atom. The van der Waals surface area contributed by atoms with Crippen molar-refractivity contribution in [1.29, 1.82) is 0 Å². The SMILES string of the molecule is O=C(Cc1ccc(-n2cncn2)nc1)C(F)(F)F. The molecule has 2 heterocycles. The summed E-state index contributed by atoms with van der Waals surface area (Å²) < 4.78 is 37.5. The highest BCUT2D eigenvalue weighted by atomic mass is 19.4. The topological polar surface area (TPSA) is 60.7 Å². The average Bonchev–Trinajstić information content (AvgIpc) is 2.82. The molecule has 0 aliphatic heterocycles. The first-order valence-corrected chi connectivity index (χ1v) is 4.87. The minimum atomic E-state index is -4.81. The fraction of sp³-hybridized carbons (Fsp3) is 0.200. The predicted octanol–water partition coefficient (Wildman–Crippen LogP) is 1.34. The lowest BCUT2D eigenvalue weighted by Gasteiger charge is -2.05. The van der Waals surface area contributed by atoms with Crippen LogP contribution in [-0.2, 0) is 11.2 Å². The van der Waals surface area contributed by atoms with E-state index in [1.54, 1.807) is 0 Å². The largest absolute Gasteiger partial charge is 0.450 e. The van der Waals surface area contributed by atoms with Crippen LogP contribution in [0.3, 0.4) is 0 Å². The van der Waals surface area contributed by atoms with Crippen molar-refractivity contribution >= 4 is 5.78 Å². The first-order valence-electron chi connectivity index (χ1n) is 4.87. The van der Waals surface area contributed by atoms with Gasteiger partial charge in [-0.3, -0.25) is 4.79 Å². The van der Waals surface area contributed by atoms with E-state index in [1.807, 2.05) is 0 Å². The van der Waals surface area contributed by atoms with Gasteiger partial charge >= 0.3 is 6.18 Å². The van der Waals surface area contributed by atoms with E-state index in [4.69, 9.17) is 0 Å². The Bertz CT molecular complexity index is 533. The first-order chi connectivity index (χ1) is 8.47. The highest BCUT2D eigenvalue weighted by Crippen LogP contribution is 2.18. The van der Waals surface area contributed by atoms with Crippen LogP contribution in [0.5, 0.6) is 0 Å². The minimum Gasteiger partial charge on any atom is -0.289 e. The number of Topliss-reactive ketones (excluding diaryl/α,β-unsaturated/α-hetero) is 1. The molecule has 0 N–H and O–H groups in total. The Hall–Kier alpha value is -2.25. The molecule has 94 valence electrons. The van der Waals surface area contributed by atoms with Gasteiger partial charge in [0.2, 0.25) is 5.78 Å². The number of carbonyl (C=O) groups is 1. The number of alkyl halides is 3. The summed E-state index contributed by atoms with van der Waals surface area (Å²) in [6, 6.07) is 2.86. The van der Waals surface area contributed by atoms with Gasteiger partial charge in [0, 0.05) is 12.6 Å². The third kappa shape index (κ3) is 2.70. The molecule has 18 heavy (non-hydrogen) atoms. The zero-order valence-corrected chi connectivity index (χ0v) is 8.92. The summed E-state index contributed by atoms with van der Waals surface area (Å²) in [6.45, 7) is 0. The van der Waals surface area contributed by atoms with Crippen LogP contribution < -0.4 is 0 Å². The van der Waals surface area contributed by atoms with Crippen molar-refractivity contribution in [1.82, 2.24) is 19.7 Å². The van der Waals surface area contributed by atoms with E-state index in [0.717, 1.165) is 0 Å². The van der Waals surface area contributed by atoms with Gasteiger partial charge in [-0.05, 0) is 11.6 Å². The molecule has 0 aromatic carbocycles. The van der Waals surface area contributed by atoms with Crippen LogP contribution in [0.2, 0.25) is 0 Å². The number of carbonyl (C=O) groups excluding carboxylic acids is 1. The van der Waals surface area contributed by atoms with Crippen molar-refractivity contribution in [3.8, 4) is 5.82 Å². The van der Waals surface area contributed by atoms with E-state index in [2.05, 4.69) is 15.1 Å². The Kier molecular flexibility index (Phi) is 3.09. The summed E-state index contributed by atoms with van der Waals surface area (Å²) in [4.78, 5) is 18.4. The summed E-state index contributed by atoms with van der Waals surface area (Å²) in [5, 5.41) is 3.81. The lowest BCUT2D eigenvalue weighted by atomic mass is 10.1. The van der Waals surface area contributed by atoms with E-state index < -0.39 is 18.4 Å². The van der Waals surface area contributed by atoms with Crippen LogP contribution in [0.25, 0.3) is 5.82 Å². The number of hydrogen-bond acceptors (Lipinski definition) is 4. The molecule has 5 nitrogen and oxygen atoms in total. The van der Waals surface area contributed by atoms with Gasteiger partial charge in [0.1, 0.15) is 12.7 Å². The zero-order valence-electron chi connectivity index (χ0n) is 8.92. The maximum atomic E-state index is 12.0. The molecule has 0 saturated heterocycles. The van der Waals surface area contributed by atoms with Gasteiger partial charge in [-0.25, -0.2) is 14.6 Å².